The van der Waals surface area contributed by atoms with Crippen LogP contribution in [0.25, 0.3) is 6.08 Å². The van der Waals surface area contributed by atoms with Crippen LogP contribution < -0.4 is 20.8 Å². The number of amides is 1. The minimum Gasteiger partial charge on any atom is -0.491 e. The van der Waals surface area contributed by atoms with Crippen molar-refractivity contribution in [1.29, 1.82) is 0 Å². The van der Waals surface area contributed by atoms with Crippen LogP contribution in [0, 0.1) is 6.92 Å². The third kappa shape index (κ3) is 4.66. The third-order valence-electron chi connectivity index (χ3n) is 5.00. The molecule has 5 N–H and O–H groups in total. The first-order valence-corrected chi connectivity index (χ1v) is 10.1. The van der Waals surface area contributed by atoms with Gasteiger partial charge in [0.25, 0.3) is 5.91 Å². The molecule has 168 valence electrons. The summed E-state index contributed by atoms with van der Waals surface area (Å²) in [4.78, 5) is 17.4. The fourth-order valence-electron chi connectivity index (χ4n) is 3.39. The van der Waals surface area contributed by atoms with Gasteiger partial charge in [0, 0.05) is 0 Å². The zero-order valence-electron chi connectivity index (χ0n) is 17.4. The van der Waals surface area contributed by atoms with E-state index in [4.69, 9.17) is 9.84 Å². The average molecular weight is 441 g/mol. The third-order valence-corrected chi connectivity index (χ3v) is 5.00. The number of aliphatic hydroxyl groups is 2. The van der Waals surface area contributed by atoms with Gasteiger partial charge in [-0.25, -0.2) is 14.1 Å². The first-order valence-electron chi connectivity index (χ1n) is 10.1. The van der Waals surface area contributed by atoms with E-state index >= 15 is 0 Å². The van der Waals surface area contributed by atoms with Gasteiger partial charge in [0.15, 0.2) is 11.5 Å². The molecule has 4 rings (SSSR count). The summed E-state index contributed by atoms with van der Waals surface area (Å²) in [6.07, 6.45) is 5.56. The van der Waals surface area contributed by atoms with E-state index in [0.717, 1.165) is 5.56 Å². The van der Waals surface area contributed by atoms with Crippen LogP contribution in [0.1, 0.15) is 33.6 Å². The van der Waals surface area contributed by atoms with Crippen LogP contribution in [-0.4, -0.2) is 51.6 Å². The van der Waals surface area contributed by atoms with Crippen LogP contribution in [0.4, 0.5) is 4.39 Å². The number of imidazole rings is 1. The Hall–Kier alpha value is -3.63. The first kappa shape index (κ1) is 21.6. The summed E-state index contributed by atoms with van der Waals surface area (Å²) < 4.78 is 20.3. The summed E-state index contributed by atoms with van der Waals surface area (Å²) in [5.41, 5.74) is 5.04. The number of aliphatic hydroxyl groups excluding tert-OH is 2. The molecule has 1 unspecified atom stereocenters. The van der Waals surface area contributed by atoms with E-state index in [1.807, 2.05) is 30.4 Å². The zero-order valence-corrected chi connectivity index (χ0v) is 17.4. The van der Waals surface area contributed by atoms with E-state index in [2.05, 4.69) is 21.0 Å². The molecule has 2 aromatic rings. The summed E-state index contributed by atoms with van der Waals surface area (Å²) in [6, 6.07) is 7.04. The molecule has 0 spiro atoms. The largest absolute Gasteiger partial charge is 0.491 e. The van der Waals surface area contributed by atoms with Crippen LogP contribution >= 0.6 is 0 Å². The van der Waals surface area contributed by atoms with Gasteiger partial charge in [-0.15, -0.1) is 0 Å². The number of carbonyl (C=O) groups is 1. The lowest BCUT2D eigenvalue weighted by molar-refractivity contribution is 0.0536. The first-order chi connectivity index (χ1) is 15.4. The molecule has 10 heteroatoms. The molecule has 0 aliphatic carbocycles. The second-order valence-corrected chi connectivity index (χ2v) is 7.43. The number of ether oxygens (including phenoxy) is 1. The molecule has 32 heavy (non-hydrogen) atoms. The van der Waals surface area contributed by atoms with Crippen molar-refractivity contribution < 1.29 is 24.1 Å². The Morgan fingerprint density at radius 1 is 1.44 bits per heavy atom. The van der Waals surface area contributed by atoms with Gasteiger partial charge in [-0.2, -0.15) is 0 Å². The Bertz CT molecular complexity index is 1110. The molecular formula is C22H24FN5O4. The van der Waals surface area contributed by atoms with Crippen molar-refractivity contribution >= 4 is 12.0 Å². The van der Waals surface area contributed by atoms with E-state index < -0.39 is 6.10 Å². The van der Waals surface area contributed by atoms with Gasteiger partial charge >= 0.3 is 0 Å². The number of rotatable bonds is 7. The topological polar surface area (TPSA) is 121 Å². The van der Waals surface area contributed by atoms with Crippen molar-refractivity contribution in [2.45, 2.75) is 19.1 Å². The van der Waals surface area contributed by atoms with Gasteiger partial charge in [-0.1, -0.05) is 18.2 Å². The number of halogens is 1. The van der Waals surface area contributed by atoms with E-state index in [9.17, 15) is 14.3 Å². The molecule has 1 aromatic carbocycles. The van der Waals surface area contributed by atoms with E-state index in [0.29, 0.717) is 28.8 Å². The van der Waals surface area contributed by atoms with Gasteiger partial charge in [0.1, 0.15) is 30.1 Å². The molecular weight excluding hydrogens is 417 g/mol. The van der Waals surface area contributed by atoms with Crippen molar-refractivity contribution in [3.8, 4) is 5.75 Å². The number of hydrogen-bond acceptors (Lipinski definition) is 7. The predicted molar refractivity (Wildman–Crippen MR) is 116 cm³/mol. The Morgan fingerprint density at radius 2 is 2.28 bits per heavy atom. The number of benzene rings is 1. The second kappa shape index (κ2) is 9.25. The fraction of sp³-hybridized carbons (Fsp3) is 0.273. The predicted octanol–water partition coefficient (Wildman–Crippen LogP) is 1.26. The second-order valence-electron chi connectivity index (χ2n) is 7.43. The maximum absolute atomic E-state index is 13.2. The molecule has 0 radical (unpaired) electrons. The number of hydrogen-bond donors (Lipinski definition) is 5. The monoisotopic (exact) mass is 441 g/mol. The van der Waals surface area contributed by atoms with Gasteiger partial charge < -0.3 is 31.0 Å². The Kier molecular flexibility index (Phi) is 6.24. The van der Waals surface area contributed by atoms with Crippen molar-refractivity contribution in [2.24, 2.45) is 0 Å². The minimum absolute atomic E-state index is 0.0203. The van der Waals surface area contributed by atoms with Crippen LogP contribution in [0.15, 0.2) is 54.1 Å². The Labute approximate surface area is 183 Å². The SMILES string of the molecule is Cc1nc2n(c1C(=O)NC1=CC=C(F)CN1)NC(c1cccc(OC[C@H](O)CO)c1)C=C2. The quantitative estimate of drug-likeness (QED) is 0.439. The lowest BCUT2D eigenvalue weighted by atomic mass is 10.1. The zero-order chi connectivity index (χ0) is 22.7. The summed E-state index contributed by atoms with van der Waals surface area (Å²) in [5, 5.41) is 24.0. The van der Waals surface area contributed by atoms with Gasteiger partial charge in [-0.3, -0.25) is 4.79 Å². The maximum atomic E-state index is 13.2. The summed E-state index contributed by atoms with van der Waals surface area (Å²) >= 11 is 0. The molecule has 1 amide bonds. The van der Waals surface area contributed by atoms with Gasteiger partial charge in [0.05, 0.1) is 24.9 Å². The van der Waals surface area contributed by atoms with Crippen LogP contribution in [0.3, 0.4) is 0 Å². The molecule has 0 saturated carbocycles. The number of carbonyl (C=O) groups excluding carboxylic acids is 1. The van der Waals surface area contributed by atoms with Crippen LogP contribution in [-0.2, 0) is 0 Å². The number of nitrogens with one attached hydrogen (secondary N) is 3. The average Bonchev–Trinajstić information content (AvgIpc) is 3.14. The standard InChI is InChI=1S/C22H24FN5O4/c1-13-21(22(31)26-19-7-5-15(23)10-24-19)28-20(25-13)8-6-18(27-28)14-3-2-4-17(9-14)32-12-16(30)11-29/h2-9,16,18,24,27,29-30H,10-12H2,1H3,(H,26,31)/t16-,18?/m1/s1. The Morgan fingerprint density at radius 3 is 3.03 bits per heavy atom. The highest BCUT2D eigenvalue weighted by molar-refractivity contribution is 5.95. The van der Waals surface area contributed by atoms with Crippen molar-refractivity contribution in [3.63, 3.8) is 0 Å². The fourth-order valence-corrected chi connectivity index (χ4v) is 3.39. The number of aromatic nitrogens is 2. The number of dihydropyridines is 1. The van der Waals surface area contributed by atoms with E-state index in [1.54, 1.807) is 17.7 Å². The molecule has 3 heterocycles. The number of aryl methyl sites for hydroxylation is 1. The highest BCUT2D eigenvalue weighted by atomic mass is 19.1. The number of fused-ring (bicyclic) bond motifs is 1. The lowest BCUT2D eigenvalue weighted by Gasteiger charge is -2.24. The van der Waals surface area contributed by atoms with Gasteiger partial charge in [0.2, 0.25) is 0 Å². The number of nitrogens with zero attached hydrogens (tertiary/aromatic N) is 2. The molecule has 0 saturated heterocycles. The van der Waals surface area contributed by atoms with E-state index in [1.165, 1.54) is 12.2 Å². The highest BCUT2D eigenvalue weighted by Gasteiger charge is 2.25. The lowest BCUT2D eigenvalue weighted by Crippen LogP contribution is -2.36. The Balaban J connectivity index is 1.52. The molecule has 0 fully saturated rings. The molecule has 2 aliphatic rings. The minimum atomic E-state index is -0.954. The molecule has 2 aliphatic heterocycles. The van der Waals surface area contributed by atoms with Crippen molar-refractivity contribution in [2.75, 3.05) is 25.2 Å². The summed E-state index contributed by atoms with van der Waals surface area (Å²) in [7, 11) is 0. The summed E-state index contributed by atoms with van der Waals surface area (Å²) in [5.74, 6) is 0.842. The van der Waals surface area contributed by atoms with Crippen molar-refractivity contribution in [3.05, 3.63) is 76.9 Å². The highest BCUT2D eigenvalue weighted by Crippen LogP contribution is 2.26. The number of allylic oxidation sites excluding steroid dienone is 2. The normalized spacial score (nSPS) is 17.9. The van der Waals surface area contributed by atoms with Crippen LogP contribution in [0.5, 0.6) is 5.75 Å². The smallest absolute Gasteiger partial charge is 0.277 e. The summed E-state index contributed by atoms with van der Waals surface area (Å²) in [6.45, 7) is 1.37. The molecule has 2 atom stereocenters. The van der Waals surface area contributed by atoms with E-state index in [-0.39, 0.29) is 37.5 Å². The van der Waals surface area contributed by atoms with Crippen molar-refractivity contribution in [1.82, 2.24) is 20.3 Å². The molecule has 0 bridgehead atoms. The maximum Gasteiger partial charge on any atom is 0.277 e. The molecule has 1 aromatic heterocycles. The molecule has 9 nitrogen and oxygen atoms in total. The van der Waals surface area contributed by atoms with Gasteiger partial charge in [-0.05, 0) is 42.8 Å². The van der Waals surface area contributed by atoms with Crippen LogP contribution in [0.2, 0.25) is 0 Å².